The molecule has 0 saturated carbocycles. The van der Waals surface area contributed by atoms with Gasteiger partial charge >= 0.3 is 5.97 Å². The minimum atomic E-state index is -1.05. The molecule has 0 bridgehead atoms. The number of nitrogens with one attached hydrogen (secondary N) is 1. The molecule has 2 aromatic rings. The van der Waals surface area contributed by atoms with Crippen LogP contribution >= 0.6 is 15.9 Å². The van der Waals surface area contributed by atoms with Crippen LogP contribution in [-0.2, 0) is 7.05 Å². The van der Waals surface area contributed by atoms with Crippen LogP contribution in [0.3, 0.4) is 0 Å². The van der Waals surface area contributed by atoms with Crippen LogP contribution in [0.2, 0.25) is 0 Å². The highest BCUT2D eigenvalue weighted by molar-refractivity contribution is 9.10. The van der Waals surface area contributed by atoms with Crippen LogP contribution in [0.5, 0.6) is 0 Å². The van der Waals surface area contributed by atoms with Gasteiger partial charge in [-0.2, -0.15) is 0 Å². The molecule has 2 rings (SSSR count). The Balaban J connectivity index is 3.00. The molecule has 0 aromatic carbocycles. The topological polar surface area (TPSA) is 75.1 Å². The summed E-state index contributed by atoms with van der Waals surface area (Å²) >= 11 is 3.17. The number of carbonyl (C=O) groups is 1. The maximum Gasteiger partial charge on any atom is 0.337 e. The lowest BCUT2D eigenvalue weighted by molar-refractivity contribution is 0.0698. The van der Waals surface area contributed by atoms with Crippen molar-refractivity contribution in [3.8, 4) is 0 Å². The predicted molar refractivity (Wildman–Crippen MR) is 58.2 cm³/mol. The summed E-state index contributed by atoms with van der Waals surface area (Å²) in [6.45, 7) is 0. The number of aryl methyl sites for hydroxylation is 1. The minimum Gasteiger partial charge on any atom is -0.478 e. The number of pyridine rings is 1. The van der Waals surface area contributed by atoms with E-state index in [9.17, 15) is 9.59 Å². The maximum absolute atomic E-state index is 11.6. The molecule has 2 aromatic heterocycles. The molecule has 0 amide bonds. The van der Waals surface area contributed by atoms with Crippen LogP contribution in [0.1, 0.15) is 10.4 Å². The van der Waals surface area contributed by atoms with Gasteiger partial charge in [-0.05, 0) is 22.0 Å². The summed E-state index contributed by atoms with van der Waals surface area (Å²) in [4.78, 5) is 25.4. The van der Waals surface area contributed by atoms with E-state index < -0.39 is 5.97 Å². The van der Waals surface area contributed by atoms with Gasteiger partial charge in [-0.3, -0.25) is 4.79 Å². The number of rotatable bonds is 1. The zero-order valence-corrected chi connectivity index (χ0v) is 9.33. The van der Waals surface area contributed by atoms with E-state index in [4.69, 9.17) is 5.11 Å². The van der Waals surface area contributed by atoms with Crippen molar-refractivity contribution < 1.29 is 9.90 Å². The second kappa shape index (κ2) is 3.23. The van der Waals surface area contributed by atoms with Crippen molar-refractivity contribution in [3.63, 3.8) is 0 Å². The fourth-order valence-corrected chi connectivity index (χ4v) is 1.90. The van der Waals surface area contributed by atoms with Gasteiger partial charge in [-0.25, -0.2) is 4.79 Å². The summed E-state index contributed by atoms with van der Waals surface area (Å²) in [6.07, 6.45) is 1.31. The van der Waals surface area contributed by atoms with E-state index in [1.165, 1.54) is 17.8 Å². The molecule has 6 heteroatoms. The Labute approximate surface area is 92.5 Å². The van der Waals surface area contributed by atoms with E-state index >= 15 is 0 Å². The third-order valence-corrected chi connectivity index (χ3v) is 2.59. The average Bonchev–Trinajstić information content (AvgIpc) is 2.53. The van der Waals surface area contributed by atoms with Crippen LogP contribution in [0.4, 0.5) is 0 Å². The fourth-order valence-electron chi connectivity index (χ4n) is 1.47. The molecule has 0 spiro atoms. The van der Waals surface area contributed by atoms with Crippen molar-refractivity contribution in [1.82, 2.24) is 9.55 Å². The monoisotopic (exact) mass is 270 g/mol. The first kappa shape index (κ1) is 9.97. The van der Waals surface area contributed by atoms with Crippen molar-refractivity contribution in [1.29, 1.82) is 0 Å². The van der Waals surface area contributed by atoms with Crippen molar-refractivity contribution in [2.75, 3.05) is 0 Å². The van der Waals surface area contributed by atoms with Crippen LogP contribution < -0.4 is 5.56 Å². The van der Waals surface area contributed by atoms with E-state index in [2.05, 4.69) is 20.9 Å². The first-order valence-corrected chi connectivity index (χ1v) is 4.91. The zero-order valence-electron chi connectivity index (χ0n) is 7.74. The van der Waals surface area contributed by atoms with Crippen molar-refractivity contribution in [2.45, 2.75) is 0 Å². The number of hydrogen-bond donors (Lipinski definition) is 2. The van der Waals surface area contributed by atoms with Gasteiger partial charge in [0.25, 0.3) is 5.56 Å². The Hall–Kier alpha value is -1.56. The van der Waals surface area contributed by atoms with E-state index in [0.717, 1.165) is 0 Å². The van der Waals surface area contributed by atoms with Crippen LogP contribution in [0.15, 0.2) is 21.7 Å². The van der Waals surface area contributed by atoms with Crippen molar-refractivity contribution >= 4 is 32.8 Å². The lowest BCUT2D eigenvalue weighted by atomic mass is 10.2. The number of carboxylic acids is 1. The summed E-state index contributed by atoms with van der Waals surface area (Å²) in [5.74, 6) is -1.05. The molecule has 15 heavy (non-hydrogen) atoms. The first-order valence-electron chi connectivity index (χ1n) is 4.12. The molecule has 0 aliphatic carbocycles. The highest BCUT2D eigenvalue weighted by Crippen LogP contribution is 2.20. The van der Waals surface area contributed by atoms with Gasteiger partial charge < -0.3 is 14.7 Å². The number of hydrogen-bond acceptors (Lipinski definition) is 2. The predicted octanol–water partition coefficient (Wildman–Crippen LogP) is 1.33. The van der Waals surface area contributed by atoms with Gasteiger partial charge in [0.05, 0.1) is 10.2 Å². The summed E-state index contributed by atoms with van der Waals surface area (Å²) in [7, 11) is 1.52. The van der Waals surface area contributed by atoms with Crippen LogP contribution in [-0.4, -0.2) is 20.6 Å². The van der Waals surface area contributed by atoms with Crippen LogP contribution in [0, 0.1) is 0 Å². The number of aromatic nitrogens is 2. The Bertz CT molecular complexity index is 612. The second-order valence-electron chi connectivity index (χ2n) is 3.17. The average molecular weight is 271 g/mol. The quantitative estimate of drug-likeness (QED) is 0.821. The van der Waals surface area contributed by atoms with Gasteiger partial charge in [-0.1, -0.05) is 0 Å². The SMILES string of the molecule is Cn1cc(C(=O)O)c2cc(Br)[nH]c2c1=O. The van der Waals surface area contributed by atoms with E-state index in [-0.39, 0.29) is 11.1 Å². The Morgan fingerprint density at radius 1 is 1.60 bits per heavy atom. The maximum atomic E-state index is 11.6. The molecule has 5 nitrogen and oxygen atoms in total. The van der Waals surface area contributed by atoms with Gasteiger partial charge in [0.2, 0.25) is 0 Å². The van der Waals surface area contributed by atoms with E-state index in [0.29, 0.717) is 15.5 Å². The highest BCUT2D eigenvalue weighted by atomic mass is 79.9. The smallest absolute Gasteiger partial charge is 0.337 e. The van der Waals surface area contributed by atoms with Gasteiger partial charge in [-0.15, -0.1) is 0 Å². The normalized spacial score (nSPS) is 10.8. The molecular formula is C9H7BrN2O3. The van der Waals surface area contributed by atoms with Gasteiger partial charge in [0.15, 0.2) is 0 Å². The lowest BCUT2D eigenvalue weighted by Crippen LogP contribution is -2.18. The number of fused-ring (bicyclic) bond motifs is 1. The minimum absolute atomic E-state index is 0.106. The lowest BCUT2D eigenvalue weighted by Gasteiger charge is -2.01. The molecule has 0 aliphatic rings. The third-order valence-electron chi connectivity index (χ3n) is 2.16. The molecule has 2 N–H and O–H groups in total. The van der Waals surface area contributed by atoms with Crippen molar-refractivity contribution in [2.24, 2.45) is 7.05 Å². The zero-order chi connectivity index (χ0) is 11.2. The van der Waals surface area contributed by atoms with Crippen molar-refractivity contribution in [3.05, 3.63) is 32.8 Å². The van der Waals surface area contributed by atoms with Crippen LogP contribution in [0.25, 0.3) is 10.9 Å². The summed E-state index contributed by atoms with van der Waals surface area (Å²) in [5, 5.41) is 9.38. The second-order valence-corrected chi connectivity index (χ2v) is 4.02. The highest BCUT2D eigenvalue weighted by Gasteiger charge is 2.14. The Morgan fingerprint density at radius 3 is 2.87 bits per heavy atom. The summed E-state index contributed by atoms with van der Waals surface area (Å²) < 4.78 is 1.83. The number of carboxylic acid groups (broad SMARTS) is 1. The molecule has 0 radical (unpaired) electrons. The number of halogens is 1. The van der Waals surface area contributed by atoms with Gasteiger partial charge in [0.1, 0.15) is 5.52 Å². The third kappa shape index (κ3) is 1.46. The molecule has 2 heterocycles. The molecule has 0 saturated heterocycles. The standard InChI is InChI=1S/C9H7BrN2O3/c1-12-3-5(9(14)15)4-2-6(10)11-7(4)8(12)13/h2-3,11H,1H3,(H,14,15). The molecule has 0 aliphatic heterocycles. The van der Waals surface area contributed by atoms with E-state index in [1.54, 1.807) is 6.07 Å². The molecular weight excluding hydrogens is 264 g/mol. The molecule has 0 fully saturated rings. The molecule has 0 unspecified atom stereocenters. The number of aromatic carboxylic acids is 1. The molecule has 0 atom stereocenters. The number of aromatic amines is 1. The summed E-state index contributed by atoms with van der Waals surface area (Å²) in [6, 6.07) is 1.58. The van der Waals surface area contributed by atoms with Gasteiger partial charge in [0, 0.05) is 18.6 Å². The first-order chi connectivity index (χ1) is 7.00. The number of H-pyrrole nitrogens is 1. The Morgan fingerprint density at radius 2 is 2.27 bits per heavy atom. The number of nitrogens with zero attached hydrogens (tertiary/aromatic N) is 1. The molecule has 78 valence electrons. The van der Waals surface area contributed by atoms with E-state index in [1.807, 2.05) is 0 Å². The summed E-state index contributed by atoms with van der Waals surface area (Å²) in [5.41, 5.74) is 0.152. The largest absolute Gasteiger partial charge is 0.478 e. The fraction of sp³-hybridized carbons (Fsp3) is 0.111. The Kier molecular flexibility index (Phi) is 2.15.